The molecule has 1 fully saturated rings. The Bertz CT molecular complexity index is 894. The Hall–Kier alpha value is -3.22. The molecule has 2 heterocycles. The smallest absolute Gasteiger partial charge is 0.314 e. The van der Waals surface area contributed by atoms with Gasteiger partial charge in [0.1, 0.15) is 0 Å². The van der Waals surface area contributed by atoms with Crippen LogP contribution in [-0.2, 0) is 0 Å². The molecule has 1 aliphatic heterocycles. The van der Waals surface area contributed by atoms with E-state index in [4.69, 9.17) is 0 Å². The molecule has 2 aromatic carbocycles. The molecule has 0 aliphatic carbocycles. The van der Waals surface area contributed by atoms with Crippen molar-refractivity contribution in [3.63, 3.8) is 0 Å². The van der Waals surface area contributed by atoms with Gasteiger partial charge in [0.25, 0.3) is 0 Å². The summed E-state index contributed by atoms with van der Waals surface area (Å²) < 4.78 is 0. The fraction of sp³-hybridized carbons (Fsp3) is 0.263. The summed E-state index contributed by atoms with van der Waals surface area (Å²) in [6, 6.07) is 15.9. The molecule has 0 spiro atoms. The number of H-pyrrole nitrogens is 1. The topological polar surface area (TPSA) is 86.8 Å². The van der Waals surface area contributed by atoms with E-state index in [0.717, 1.165) is 29.7 Å². The van der Waals surface area contributed by atoms with Gasteiger partial charge in [-0.05, 0) is 48.6 Å². The molecule has 3 aromatic rings. The number of urea groups is 1. The lowest BCUT2D eigenvalue weighted by molar-refractivity contribution is 0.205. The summed E-state index contributed by atoms with van der Waals surface area (Å²) in [6.45, 7) is 2.74. The molecule has 1 saturated heterocycles. The van der Waals surface area contributed by atoms with Gasteiger partial charge in [-0.25, -0.2) is 4.79 Å². The van der Waals surface area contributed by atoms with Crippen molar-refractivity contribution in [1.29, 1.82) is 0 Å². The van der Waals surface area contributed by atoms with Crippen LogP contribution in [-0.4, -0.2) is 38.1 Å². The first kappa shape index (κ1) is 16.3. The van der Waals surface area contributed by atoms with Crippen molar-refractivity contribution in [2.24, 2.45) is 0 Å². The van der Waals surface area contributed by atoms with Gasteiger partial charge >= 0.3 is 6.03 Å². The first-order valence-electron chi connectivity index (χ1n) is 8.69. The Balaban J connectivity index is 1.50. The Morgan fingerprint density at radius 2 is 2.08 bits per heavy atom. The number of hydrogen-bond acceptors (Lipinski definition) is 4. The molecule has 0 saturated carbocycles. The van der Waals surface area contributed by atoms with E-state index in [-0.39, 0.29) is 12.1 Å². The number of aromatic nitrogens is 4. The van der Waals surface area contributed by atoms with Gasteiger partial charge in [-0.2, -0.15) is 5.21 Å². The molecule has 0 radical (unpaired) electrons. The van der Waals surface area contributed by atoms with Crippen molar-refractivity contribution in [2.45, 2.75) is 25.8 Å². The Morgan fingerprint density at radius 3 is 2.81 bits per heavy atom. The van der Waals surface area contributed by atoms with Crippen LogP contribution in [0.15, 0.2) is 48.5 Å². The van der Waals surface area contributed by atoms with Crippen LogP contribution >= 0.6 is 0 Å². The van der Waals surface area contributed by atoms with Crippen LogP contribution in [0.1, 0.15) is 30.3 Å². The second-order valence-corrected chi connectivity index (χ2v) is 6.45. The summed E-state index contributed by atoms with van der Waals surface area (Å²) in [5, 5.41) is 17.1. The maximum atomic E-state index is 12.7. The van der Waals surface area contributed by atoms with Crippen LogP contribution in [0.2, 0.25) is 0 Å². The normalized spacial score (nSPS) is 16.7. The SMILES string of the molecule is Cc1cc(NC(=O)N2CCCC2c2nn[nH]n2)ccc1-c1ccccc1. The Labute approximate surface area is 151 Å². The third-order valence-electron chi connectivity index (χ3n) is 4.74. The van der Waals surface area contributed by atoms with Crippen LogP contribution in [0, 0.1) is 6.92 Å². The third-order valence-corrected chi connectivity index (χ3v) is 4.74. The number of rotatable bonds is 3. The van der Waals surface area contributed by atoms with E-state index >= 15 is 0 Å². The fourth-order valence-corrected chi connectivity index (χ4v) is 3.47. The predicted octanol–water partition coefficient (Wildman–Crippen LogP) is 3.54. The van der Waals surface area contributed by atoms with E-state index in [1.54, 1.807) is 4.90 Å². The van der Waals surface area contributed by atoms with E-state index in [1.165, 1.54) is 5.56 Å². The number of benzene rings is 2. The highest BCUT2D eigenvalue weighted by atomic mass is 16.2. The first-order valence-corrected chi connectivity index (χ1v) is 8.69. The zero-order valence-electron chi connectivity index (χ0n) is 14.5. The number of anilines is 1. The van der Waals surface area contributed by atoms with E-state index < -0.39 is 0 Å². The van der Waals surface area contributed by atoms with Gasteiger partial charge < -0.3 is 10.2 Å². The quantitative estimate of drug-likeness (QED) is 0.758. The molecule has 4 rings (SSSR count). The van der Waals surface area contributed by atoms with Gasteiger partial charge in [0.2, 0.25) is 0 Å². The maximum Gasteiger partial charge on any atom is 0.322 e. The minimum Gasteiger partial charge on any atom is -0.314 e. The Morgan fingerprint density at radius 1 is 1.23 bits per heavy atom. The molecular weight excluding hydrogens is 328 g/mol. The van der Waals surface area contributed by atoms with Crippen molar-refractivity contribution in [2.75, 3.05) is 11.9 Å². The molecular formula is C19H20N6O. The number of hydrogen-bond donors (Lipinski definition) is 2. The minimum atomic E-state index is -0.135. The Kier molecular flexibility index (Phi) is 4.35. The predicted molar refractivity (Wildman–Crippen MR) is 98.5 cm³/mol. The molecule has 132 valence electrons. The summed E-state index contributed by atoms with van der Waals surface area (Å²) in [7, 11) is 0. The van der Waals surface area contributed by atoms with Crippen molar-refractivity contribution in [1.82, 2.24) is 25.5 Å². The van der Waals surface area contributed by atoms with Crippen molar-refractivity contribution in [3.05, 3.63) is 59.9 Å². The molecule has 7 heteroatoms. The second-order valence-electron chi connectivity index (χ2n) is 6.45. The number of carbonyl (C=O) groups is 1. The van der Waals surface area contributed by atoms with Gasteiger partial charge in [0, 0.05) is 12.2 Å². The highest BCUT2D eigenvalue weighted by Gasteiger charge is 2.32. The average molecular weight is 348 g/mol. The van der Waals surface area contributed by atoms with Gasteiger partial charge in [-0.3, -0.25) is 0 Å². The van der Waals surface area contributed by atoms with Crippen molar-refractivity contribution < 1.29 is 4.79 Å². The molecule has 2 N–H and O–H groups in total. The van der Waals surface area contributed by atoms with Gasteiger partial charge in [0.15, 0.2) is 5.82 Å². The monoisotopic (exact) mass is 348 g/mol. The minimum absolute atomic E-state index is 0.126. The van der Waals surface area contributed by atoms with Crippen LogP contribution < -0.4 is 5.32 Å². The molecule has 1 unspecified atom stereocenters. The third kappa shape index (κ3) is 3.15. The van der Waals surface area contributed by atoms with Gasteiger partial charge in [-0.15, -0.1) is 10.2 Å². The van der Waals surface area contributed by atoms with Gasteiger partial charge in [-0.1, -0.05) is 41.6 Å². The average Bonchev–Trinajstić information content (AvgIpc) is 3.34. The molecule has 1 aliphatic rings. The second kappa shape index (κ2) is 6.95. The van der Waals surface area contributed by atoms with E-state index in [2.05, 4.69) is 45.0 Å². The van der Waals surface area contributed by atoms with Gasteiger partial charge in [0.05, 0.1) is 6.04 Å². The number of aryl methyl sites for hydroxylation is 1. The highest BCUT2D eigenvalue weighted by molar-refractivity contribution is 5.90. The maximum absolute atomic E-state index is 12.7. The largest absolute Gasteiger partial charge is 0.322 e. The number of tetrazole rings is 1. The van der Waals surface area contributed by atoms with Crippen LogP contribution in [0.4, 0.5) is 10.5 Å². The van der Waals surface area contributed by atoms with E-state index in [1.807, 2.05) is 36.4 Å². The summed E-state index contributed by atoms with van der Waals surface area (Å²) in [5.74, 6) is 0.563. The number of aromatic amines is 1. The summed E-state index contributed by atoms with van der Waals surface area (Å²) in [5.41, 5.74) is 4.23. The molecule has 1 aromatic heterocycles. The molecule has 2 amide bonds. The molecule has 26 heavy (non-hydrogen) atoms. The highest BCUT2D eigenvalue weighted by Crippen LogP contribution is 2.30. The zero-order valence-corrected chi connectivity index (χ0v) is 14.5. The van der Waals surface area contributed by atoms with Crippen molar-refractivity contribution >= 4 is 11.7 Å². The zero-order chi connectivity index (χ0) is 17.9. The summed E-state index contributed by atoms with van der Waals surface area (Å²) >= 11 is 0. The lowest BCUT2D eigenvalue weighted by atomic mass is 10.0. The lowest BCUT2D eigenvalue weighted by Gasteiger charge is -2.22. The fourth-order valence-electron chi connectivity index (χ4n) is 3.47. The number of likely N-dealkylation sites (tertiary alicyclic amines) is 1. The number of amides is 2. The number of nitrogens with one attached hydrogen (secondary N) is 2. The number of carbonyl (C=O) groups excluding carboxylic acids is 1. The van der Waals surface area contributed by atoms with E-state index in [0.29, 0.717) is 12.4 Å². The van der Waals surface area contributed by atoms with Crippen LogP contribution in [0.25, 0.3) is 11.1 Å². The lowest BCUT2D eigenvalue weighted by Crippen LogP contribution is -2.34. The molecule has 0 bridgehead atoms. The van der Waals surface area contributed by atoms with Crippen LogP contribution in [0.3, 0.4) is 0 Å². The first-order chi connectivity index (χ1) is 12.7. The number of nitrogens with zero attached hydrogens (tertiary/aromatic N) is 4. The standard InChI is InChI=1S/C19H20N6O/c1-13-12-15(9-10-16(13)14-6-3-2-4-7-14)20-19(26)25-11-5-8-17(25)18-21-23-24-22-18/h2-4,6-7,9-10,12,17H,5,8,11H2,1H3,(H,20,26)(H,21,22,23,24). The summed E-state index contributed by atoms with van der Waals surface area (Å²) in [6.07, 6.45) is 1.78. The van der Waals surface area contributed by atoms with E-state index in [9.17, 15) is 4.79 Å². The van der Waals surface area contributed by atoms with Crippen LogP contribution in [0.5, 0.6) is 0 Å². The van der Waals surface area contributed by atoms with Crippen molar-refractivity contribution in [3.8, 4) is 11.1 Å². The summed E-state index contributed by atoms with van der Waals surface area (Å²) in [4.78, 5) is 14.5. The molecule has 1 atom stereocenters. The molecule has 7 nitrogen and oxygen atoms in total.